The van der Waals surface area contributed by atoms with Gasteiger partial charge >= 0.3 is 0 Å². The van der Waals surface area contributed by atoms with Gasteiger partial charge in [-0.2, -0.15) is 0 Å². The van der Waals surface area contributed by atoms with E-state index in [1.54, 1.807) is 13.1 Å². The van der Waals surface area contributed by atoms with E-state index in [2.05, 4.69) is 28.2 Å². The van der Waals surface area contributed by atoms with Gasteiger partial charge in [0, 0.05) is 50.9 Å². The fraction of sp³-hybridized carbons (Fsp3) is 0.296. The molecule has 3 aromatic carbocycles. The number of nitrogens with zero attached hydrogens (tertiary/aromatic N) is 2. The van der Waals surface area contributed by atoms with Gasteiger partial charge in [0.25, 0.3) is 5.91 Å². The Morgan fingerprint density at radius 1 is 0.875 bits per heavy atom. The second-order valence-electron chi connectivity index (χ2n) is 8.44. The Morgan fingerprint density at radius 2 is 1.47 bits per heavy atom. The Balaban J connectivity index is 1.86. The Bertz CT molecular complexity index is 1060. The monoisotopic (exact) mass is 429 g/mol. The van der Waals surface area contributed by atoms with Gasteiger partial charge < -0.3 is 15.3 Å². The fourth-order valence-corrected chi connectivity index (χ4v) is 4.52. The van der Waals surface area contributed by atoms with Gasteiger partial charge in [-0.25, -0.2) is 0 Å². The lowest BCUT2D eigenvalue weighted by atomic mass is 9.76. The Labute approximate surface area is 190 Å². The molecule has 1 fully saturated rings. The largest absolute Gasteiger partial charge is 0.376 e. The molecule has 1 saturated heterocycles. The molecule has 0 saturated carbocycles. The number of hydrogen-bond donors (Lipinski definition) is 2. The van der Waals surface area contributed by atoms with Crippen molar-refractivity contribution in [1.29, 1.82) is 0 Å². The van der Waals surface area contributed by atoms with E-state index in [4.69, 9.17) is 0 Å². The zero-order valence-electron chi connectivity index (χ0n) is 18.8. The van der Waals surface area contributed by atoms with E-state index in [1.807, 2.05) is 66.7 Å². The number of piperazine rings is 1. The summed E-state index contributed by atoms with van der Waals surface area (Å²) in [6.07, 6.45) is 0. The van der Waals surface area contributed by atoms with E-state index in [1.165, 1.54) is 0 Å². The molecular weight excluding hydrogens is 398 g/mol. The van der Waals surface area contributed by atoms with E-state index >= 15 is 0 Å². The fourth-order valence-electron chi connectivity index (χ4n) is 4.52. The van der Waals surface area contributed by atoms with Crippen LogP contribution in [-0.2, 0) is 12.1 Å². The Hall–Kier alpha value is -2.99. The number of nitrogens with one attached hydrogen (secondary N) is 1. The van der Waals surface area contributed by atoms with Crippen LogP contribution in [0.2, 0.25) is 0 Å². The molecule has 3 aromatic rings. The number of aliphatic hydroxyl groups is 1. The maximum absolute atomic E-state index is 12.7. The third-order valence-electron chi connectivity index (χ3n) is 6.38. The molecule has 0 radical (unpaired) electrons. The summed E-state index contributed by atoms with van der Waals surface area (Å²) in [5, 5.41) is 15.2. The molecule has 0 spiro atoms. The molecule has 1 aliphatic heterocycles. The lowest BCUT2D eigenvalue weighted by Crippen LogP contribution is -2.44. The van der Waals surface area contributed by atoms with Crippen LogP contribution in [0.15, 0.2) is 78.9 Å². The topological polar surface area (TPSA) is 55.8 Å². The van der Waals surface area contributed by atoms with E-state index in [-0.39, 0.29) is 5.91 Å². The summed E-state index contributed by atoms with van der Waals surface area (Å²) in [7, 11) is 3.76. The van der Waals surface area contributed by atoms with E-state index in [9.17, 15) is 9.90 Å². The quantitative estimate of drug-likeness (QED) is 0.592. The van der Waals surface area contributed by atoms with Crippen LogP contribution < -0.4 is 5.32 Å². The number of hydrogen-bond acceptors (Lipinski definition) is 4. The molecule has 1 unspecified atom stereocenters. The third-order valence-corrected chi connectivity index (χ3v) is 6.38. The van der Waals surface area contributed by atoms with Crippen LogP contribution in [0.25, 0.3) is 0 Å². The average Bonchev–Trinajstić information content (AvgIpc) is 2.85. The molecule has 4 rings (SSSR count). The van der Waals surface area contributed by atoms with Crippen molar-refractivity contribution in [3.63, 3.8) is 0 Å². The summed E-state index contributed by atoms with van der Waals surface area (Å²) in [4.78, 5) is 17.5. The van der Waals surface area contributed by atoms with Gasteiger partial charge in [-0.3, -0.25) is 9.69 Å². The zero-order valence-corrected chi connectivity index (χ0v) is 18.8. The summed E-state index contributed by atoms with van der Waals surface area (Å²) in [5.41, 5.74) is 2.19. The lowest BCUT2D eigenvalue weighted by Gasteiger charge is -2.36. The van der Waals surface area contributed by atoms with E-state index in [0.29, 0.717) is 11.1 Å². The molecule has 166 valence electrons. The standard InChI is InChI=1S/C27H31N3O2/c1-28-26(31)23-13-7-9-15-25(23)27(32,22-11-4-3-5-12-22)24-14-8-6-10-21(24)20-30-18-16-29(2)17-19-30/h3-15,32H,16-20H2,1-2H3,(H,28,31). The second-order valence-corrected chi connectivity index (χ2v) is 8.44. The first-order valence-electron chi connectivity index (χ1n) is 11.1. The molecule has 1 heterocycles. The number of rotatable bonds is 6. The molecule has 32 heavy (non-hydrogen) atoms. The van der Waals surface area contributed by atoms with Gasteiger partial charge in [-0.15, -0.1) is 0 Å². The van der Waals surface area contributed by atoms with Crippen LogP contribution in [-0.4, -0.2) is 61.1 Å². The molecule has 5 heteroatoms. The highest BCUT2D eigenvalue weighted by Crippen LogP contribution is 2.40. The molecular formula is C27H31N3O2. The maximum Gasteiger partial charge on any atom is 0.251 e. The smallest absolute Gasteiger partial charge is 0.251 e. The molecule has 0 aliphatic carbocycles. The summed E-state index contributed by atoms with van der Waals surface area (Å²) in [5.74, 6) is -0.216. The van der Waals surface area contributed by atoms with Gasteiger partial charge in [-0.1, -0.05) is 72.8 Å². The number of carbonyl (C=O) groups excluding carboxylic acids is 1. The van der Waals surface area contributed by atoms with Crippen molar-refractivity contribution in [2.45, 2.75) is 12.1 Å². The lowest BCUT2D eigenvalue weighted by molar-refractivity contribution is 0.0937. The predicted molar refractivity (Wildman–Crippen MR) is 128 cm³/mol. The number of likely N-dealkylation sites (N-methyl/N-ethyl adjacent to an activating group) is 1. The highest BCUT2D eigenvalue weighted by molar-refractivity contribution is 5.96. The average molecular weight is 430 g/mol. The Morgan fingerprint density at radius 3 is 2.16 bits per heavy atom. The first-order chi connectivity index (χ1) is 15.5. The van der Waals surface area contributed by atoms with Crippen LogP contribution in [0, 0.1) is 0 Å². The van der Waals surface area contributed by atoms with Crippen molar-refractivity contribution >= 4 is 5.91 Å². The van der Waals surface area contributed by atoms with Crippen molar-refractivity contribution < 1.29 is 9.90 Å². The highest BCUT2D eigenvalue weighted by Gasteiger charge is 2.38. The number of benzene rings is 3. The molecule has 0 aromatic heterocycles. The molecule has 0 bridgehead atoms. The van der Waals surface area contributed by atoms with Crippen LogP contribution >= 0.6 is 0 Å². The molecule has 1 aliphatic rings. The molecule has 2 N–H and O–H groups in total. The van der Waals surface area contributed by atoms with E-state index < -0.39 is 5.60 Å². The van der Waals surface area contributed by atoms with Crippen molar-refractivity contribution in [2.24, 2.45) is 0 Å². The molecule has 5 nitrogen and oxygen atoms in total. The van der Waals surface area contributed by atoms with Crippen LogP contribution in [0.3, 0.4) is 0 Å². The summed E-state index contributed by atoms with van der Waals surface area (Å²) >= 11 is 0. The van der Waals surface area contributed by atoms with Crippen molar-refractivity contribution in [3.05, 3.63) is 107 Å². The molecule has 1 atom stereocenters. The van der Waals surface area contributed by atoms with Crippen LogP contribution in [0.1, 0.15) is 32.6 Å². The third kappa shape index (κ3) is 4.32. The highest BCUT2D eigenvalue weighted by atomic mass is 16.3. The predicted octanol–water partition coefficient (Wildman–Crippen LogP) is 3.08. The van der Waals surface area contributed by atoms with Gasteiger partial charge in [0.1, 0.15) is 5.60 Å². The normalized spacial score (nSPS) is 17.0. The number of amides is 1. The first-order valence-corrected chi connectivity index (χ1v) is 11.1. The minimum Gasteiger partial charge on any atom is -0.376 e. The first kappa shape index (κ1) is 22.2. The van der Waals surface area contributed by atoms with Crippen molar-refractivity contribution in [2.75, 3.05) is 40.3 Å². The summed E-state index contributed by atoms with van der Waals surface area (Å²) < 4.78 is 0. The molecule has 1 amide bonds. The van der Waals surface area contributed by atoms with Gasteiger partial charge in [0.15, 0.2) is 0 Å². The SMILES string of the molecule is CNC(=O)c1ccccc1C(O)(c1ccccc1)c1ccccc1CN1CCN(C)CC1. The minimum atomic E-state index is -1.46. The maximum atomic E-state index is 12.7. The second kappa shape index (κ2) is 9.65. The van der Waals surface area contributed by atoms with E-state index in [0.717, 1.165) is 49.4 Å². The van der Waals surface area contributed by atoms with Gasteiger partial charge in [0.05, 0.1) is 0 Å². The minimum absolute atomic E-state index is 0.216. The van der Waals surface area contributed by atoms with Crippen LogP contribution in [0.5, 0.6) is 0 Å². The van der Waals surface area contributed by atoms with Gasteiger partial charge in [-0.05, 0) is 29.8 Å². The van der Waals surface area contributed by atoms with Gasteiger partial charge in [0.2, 0.25) is 0 Å². The number of carbonyl (C=O) groups is 1. The van der Waals surface area contributed by atoms with Crippen molar-refractivity contribution in [3.8, 4) is 0 Å². The summed E-state index contributed by atoms with van der Waals surface area (Å²) in [6, 6.07) is 25.0. The van der Waals surface area contributed by atoms with Crippen molar-refractivity contribution in [1.82, 2.24) is 15.1 Å². The van der Waals surface area contributed by atoms with Crippen LogP contribution in [0.4, 0.5) is 0 Å². The zero-order chi connectivity index (χ0) is 22.6. The Kier molecular flexibility index (Phi) is 6.70. The summed E-state index contributed by atoms with van der Waals surface area (Å²) in [6.45, 7) is 4.80.